The Balaban J connectivity index is 1.62. The average molecular weight is 477 g/mol. The van der Waals surface area contributed by atoms with Crippen molar-refractivity contribution in [2.24, 2.45) is 11.8 Å². The molecule has 2 aliphatic rings. The number of carbonyl (C=O) groups is 2. The first-order valence-corrected chi connectivity index (χ1v) is 12.3. The molecule has 3 N–H and O–H groups in total. The molecule has 1 aromatic heterocycles. The molecule has 1 aromatic carbocycles. The van der Waals surface area contributed by atoms with E-state index in [0.717, 1.165) is 30.6 Å². The number of urea groups is 1. The zero-order valence-electron chi connectivity index (χ0n) is 20.2. The third-order valence-electron chi connectivity index (χ3n) is 6.70. The monoisotopic (exact) mass is 476 g/mol. The number of carboxylic acids is 1. The molecule has 2 fully saturated rings. The van der Waals surface area contributed by atoms with E-state index in [1.54, 1.807) is 0 Å². The summed E-state index contributed by atoms with van der Waals surface area (Å²) in [6.07, 6.45) is 9.27. The van der Waals surface area contributed by atoms with Crippen molar-refractivity contribution in [1.82, 2.24) is 9.97 Å². The number of rotatable bonds is 8. The molecule has 9 nitrogen and oxygen atoms in total. The van der Waals surface area contributed by atoms with E-state index in [9.17, 15) is 14.7 Å². The Hall–Kier alpha value is -3.67. The first-order valence-electron chi connectivity index (χ1n) is 12.3. The van der Waals surface area contributed by atoms with Gasteiger partial charge in [0.15, 0.2) is 0 Å². The molecular formula is C26H32N6O3. The molecular weight excluding hydrogens is 444 g/mol. The van der Waals surface area contributed by atoms with Crippen LogP contribution in [0.4, 0.5) is 21.9 Å². The van der Waals surface area contributed by atoms with E-state index in [4.69, 9.17) is 5.26 Å². The van der Waals surface area contributed by atoms with Crippen LogP contribution in [0.5, 0.6) is 0 Å². The summed E-state index contributed by atoms with van der Waals surface area (Å²) in [5.74, 6) is -0.724. The highest BCUT2D eigenvalue weighted by Crippen LogP contribution is 2.49. The fourth-order valence-corrected chi connectivity index (χ4v) is 4.94. The smallest absolute Gasteiger partial charge is 0.323 e. The maximum absolute atomic E-state index is 12.9. The summed E-state index contributed by atoms with van der Waals surface area (Å²) >= 11 is 0. The van der Waals surface area contributed by atoms with Gasteiger partial charge in [-0.25, -0.2) is 14.8 Å². The van der Waals surface area contributed by atoms with Crippen LogP contribution in [-0.2, 0) is 4.79 Å². The first-order chi connectivity index (χ1) is 16.9. The maximum atomic E-state index is 12.9. The highest BCUT2D eigenvalue weighted by Gasteiger charge is 2.44. The molecule has 2 amide bonds. The third kappa shape index (κ3) is 6.07. The summed E-state index contributed by atoms with van der Waals surface area (Å²) in [5.41, 5.74) is 2.91. The Morgan fingerprint density at radius 2 is 1.89 bits per heavy atom. The van der Waals surface area contributed by atoms with Gasteiger partial charge in [-0.15, -0.1) is 0 Å². The average Bonchev–Trinajstić information content (AvgIpc) is 3.65. The van der Waals surface area contributed by atoms with Crippen LogP contribution < -0.4 is 15.5 Å². The van der Waals surface area contributed by atoms with E-state index in [-0.39, 0.29) is 17.7 Å². The summed E-state index contributed by atoms with van der Waals surface area (Å²) in [5, 5.41) is 24.0. The lowest BCUT2D eigenvalue weighted by molar-refractivity contribution is -0.138. The number of carbonyl (C=O) groups excluding carboxylic acids is 1. The highest BCUT2D eigenvalue weighted by atomic mass is 16.4. The number of anilines is 3. The summed E-state index contributed by atoms with van der Waals surface area (Å²) < 4.78 is 0. The van der Waals surface area contributed by atoms with Gasteiger partial charge in [0, 0.05) is 12.6 Å². The summed E-state index contributed by atoms with van der Waals surface area (Å²) in [4.78, 5) is 34.6. The Labute approximate surface area is 205 Å². The fourth-order valence-electron chi connectivity index (χ4n) is 4.94. The molecule has 2 saturated carbocycles. The number of nitriles is 1. The molecule has 0 spiro atoms. The van der Waals surface area contributed by atoms with Gasteiger partial charge in [0.1, 0.15) is 6.07 Å². The van der Waals surface area contributed by atoms with E-state index in [1.807, 2.05) is 24.3 Å². The van der Waals surface area contributed by atoms with Gasteiger partial charge < -0.3 is 20.6 Å². The SMILES string of the molecule is CC(C)CN(c1ccc(C2CC2C(=O)O)cc1NC(=O)Nc1cnc(C#N)nc1)C1CCCCC1. The molecule has 2 atom stereocenters. The number of benzene rings is 1. The maximum Gasteiger partial charge on any atom is 0.323 e. The van der Waals surface area contributed by atoms with Crippen LogP contribution in [0.25, 0.3) is 0 Å². The standard InChI is InChI=1S/C26H32N6O3/c1-16(2)15-32(19-6-4-3-5-7-19)23-9-8-17(20-11-21(20)25(33)34)10-22(23)31-26(35)30-18-13-28-24(12-27)29-14-18/h8-10,13-14,16,19-21H,3-7,11,15H2,1-2H3,(H,33,34)(H2,30,31,35). The van der Waals surface area contributed by atoms with Gasteiger partial charge in [0.25, 0.3) is 0 Å². The molecule has 1 heterocycles. The topological polar surface area (TPSA) is 131 Å². The molecule has 35 heavy (non-hydrogen) atoms. The van der Waals surface area contributed by atoms with Gasteiger partial charge in [-0.3, -0.25) is 4.79 Å². The van der Waals surface area contributed by atoms with Crippen LogP contribution in [0.3, 0.4) is 0 Å². The van der Waals surface area contributed by atoms with Crippen molar-refractivity contribution in [2.45, 2.75) is 64.3 Å². The Kier molecular flexibility index (Phi) is 7.49. The van der Waals surface area contributed by atoms with Crippen LogP contribution in [0.1, 0.15) is 69.7 Å². The van der Waals surface area contributed by atoms with Gasteiger partial charge in [-0.2, -0.15) is 5.26 Å². The van der Waals surface area contributed by atoms with Crippen molar-refractivity contribution >= 4 is 29.1 Å². The molecule has 2 aliphatic carbocycles. The van der Waals surface area contributed by atoms with E-state index in [1.165, 1.54) is 31.7 Å². The number of hydrogen-bond donors (Lipinski definition) is 3. The number of carboxylic acid groups (broad SMARTS) is 1. The lowest BCUT2D eigenvalue weighted by atomic mass is 9.92. The van der Waals surface area contributed by atoms with Crippen molar-refractivity contribution < 1.29 is 14.7 Å². The number of aromatic nitrogens is 2. The van der Waals surface area contributed by atoms with Crippen LogP contribution >= 0.6 is 0 Å². The molecule has 2 aromatic rings. The molecule has 0 aliphatic heterocycles. The van der Waals surface area contributed by atoms with Crippen molar-refractivity contribution in [1.29, 1.82) is 5.26 Å². The van der Waals surface area contributed by atoms with E-state index < -0.39 is 12.0 Å². The quantitative estimate of drug-likeness (QED) is 0.490. The van der Waals surface area contributed by atoms with E-state index in [2.05, 4.69) is 39.3 Å². The van der Waals surface area contributed by atoms with Crippen LogP contribution in [0.15, 0.2) is 30.6 Å². The lowest BCUT2D eigenvalue weighted by Gasteiger charge is -2.38. The van der Waals surface area contributed by atoms with E-state index >= 15 is 0 Å². The summed E-state index contributed by atoms with van der Waals surface area (Å²) in [6, 6.07) is 7.77. The predicted molar refractivity (Wildman–Crippen MR) is 133 cm³/mol. The molecule has 2 unspecified atom stereocenters. The van der Waals surface area contributed by atoms with Gasteiger partial charge in [0.2, 0.25) is 5.82 Å². The van der Waals surface area contributed by atoms with Crippen molar-refractivity contribution in [2.75, 3.05) is 22.1 Å². The molecule has 0 radical (unpaired) electrons. The summed E-state index contributed by atoms with van der Waals surface area (Å²) in [6.45, 7) is 5.25. The van der Waals surface area contributed by atoms with Crippen LogP contribution in [0.2, 0.25) is 0 Å². The first kappa shape index (κ1) is 24.5. The minimum Gasteiger partial charge on any atom is -0.481 e. The largest absolute Gasteiger partial charge is 0.481 e. The molecule has 0 saturated heterocycles. The Morgan fingerprint density at radius 1 is 1.17 bits per heavy atom. The predicted octanol–water partition coefficient (Wildman–Crippen LogP) is 4.98. The van der Waals surface area contributed by atoms with Gasteiger partial charge in [-0.1, -0.05) is 39.2 Å². The number of nitrogens with one attached hydrogen (secondary N) is 2. The number of nitrogens with zero attached hydrogens (tertiary/aromatic N) is 4. The Bertz CT molecular complexity index is 1110. The van der Waals surface area contributed by atoms with Crippen molar-refractivity contribution in [3.05, 3.63) is 42.0 Å². The lowest BCUT2D eigenvalue weighted by Crippen LogP contribution is -2.40. The number of hydrogen-bond acceptors (Lipinski definition) is 6. The normalized spacial score (nSPS) is 19.6. The summed E-state index contributed by atoms with van der Waals surface area (Å²) in [7, 11) is 0. The number of amides is 2. The second-order valence-electron chi connectivity index (χ2n) is 9.89. The van der Waals surface area contributed by atoms with Crippen molar-refractivity contribution in [3.63, 3.8) is 0 Å². The van der Waals surface area contributed by atoms with Gasteiger partial charge in [-0.05, 0) is 48.8 Å². The third-order valence-corrected chi connectivity index (χ3v) is 6.70. The van der Waals surface area contributed by atoms with Crippen molar-refractivity contribution in [3.8, 4) is 6.07 Å². The number of aliphatic carboxylic acids is 1. The molecule has 9 heteroatoms. The molecule has 4 rings (SSSR count). The van der Waals surface area contributed by atoms with Crippen LogP contribution in [-0.4, -0.2) is 39.7 Å². The minimum absolute atomic E-state index is 0.0279. The molecule has 184 valence electrons. The molecule has 0 bridgehead atoms. The zero-order valence-corrected chi connectivity index (χ0v) is 20.2. The second-order valence-corrected chi connectivity index (χ2v) is 9.89. The van der Waals surface area contributed by atoms with Gasteiger partial charge >= 0.3 is 12.0 Å². The van der Waals surface area contributed by atoms with E-state index in [0.29, 0.717) is 29.8 Å². The van der Waals surface area contributed by atoms with Crippen LogP contribution in [0, 0.1) is 23.2 Å². The minimum atomic E-state index is -0.782. The zero-order chi connectivity index (χ0) is 24.9. The highest BCUT2D eigenvalue weighted by molar-refractivity contribution is 6.02. The Morgan fingerprint density at radius 3 is 2.49 bits per heavy atom. The second kappa shape index (κ2) is 10.7. The fraction of sp³-hybridized carbons (Fsp3) is 0.500. The van der Waals surface area contributed by atoms with Gasteiger partial charge in [0.05, 0.1) is 35.4 Å².